The second-order valence-electron chi connectivity index (χ2n) is 1.82. The molecule has 2 aromatic heterocycles. The Labute approximate surface area is 91.4 Å². The van der Waals surface area contributed by atoms with Crippen LogP contribution in [-0.2, 0) is 0 Å². The fourth-order valence-corrected chi connectivity index (χ4v) is 1.40. The second-order valence-corrected chi connectivity index (χ2v) is 2.83. The van der Waals surface area contributed by atoms with Gasteiger partial charge in [-0.15, -0.1) is 17.4 Å². The molecule has 2 rings (SSSR count). The molecule has 2 N–H and O–H groups in total. The maximum absolute atomic E-state index is 5.44. The molecule has 2 aromatic rings. The first-order valence-corrected chi connectivity index (χ1v) is 3.57. The largest absolute Gasteiger partial charge is 0.376 e. The summed E-state index contributed by atoms with van der Waals surface area (Å²) in [4.78, 5) is 8.83. The zero-order valence-electron chi connectivity index (χ0n) is 5.53. The van der Waals surface area contributed by atoms with Gasteiger partial charge in [0.05, 0.1) is 0 Å². The number of pyridine rings is 1. The smallest absolute Gasteiger partial charge is 0.168 e. The minimum Gasteiger partial charge on any atom is -0.376 e. The van der Waals surface area contributed by atoms with Crippen LogP contribution in [0.3, 0.4) is 0 Å². The molecule has 0 saturated heterocycles. The first kappa shape index (κ1) is 8.98. The predicted molar refractivity (Wildman–Crippen MR) is 40.7 cm³/mol. The van der Waals surface area contributed by atoms with Crippen molar-refractivity contribution in [1.82, 2.24) is 9.97 Å². The Morgan fingerprint density at radius 1 is 1.55 bits per heavy atom. The Kier molecular flexibility index (Phi) is 2.88. The SMILES string of the molecule is Nc1nc2cc[c-]nc2s1.[U]. The molecule has 0 atom stereocenters. The quantitative estimate of drug-likeness (QED) is 0.688. The van der Waals surface area contributed by atoms with Gasteiger partial charge in [0.15, 0.2) is 5.13 Å². The van der Waals surface area contributed by atoms with Gasteiger partial charge in [-0.25, -0.2) is 4.98 Å². The Morgan fingerprint density at radius 3 is 3.09 bits per heavy atom. The summed E-state index contributed by atoms with van der Waals surface area (Å²) in [7, 11) is 0. The third kappa shape index (κ3) is 1.73. The van der Waals surface area contributed by atoms with Crippen LogP contribution in [0.1, 0.15) is 0 Å². The van der Waals surface area contributed by atoms with Gasteiger partial charge in [-0.05, 0) is 5.52 Å². The van der Waals surface area contributed by atoms with Crippen LogP contribution < -0.4 is 5.73 Å². The minimum atomic E-state index is 0. The van der Waals surface area contributed by atoms with Gasteiger partial charge in [0, 0.05) is 35.9 Å². The van der Waals surface area contributed by atoms with Crippen molar-refractivity contribution in [2.45, 2.75) is 0 Å². The number of anilines is 1. The zero-order chi connectivity index (χ0) is 6.97. The number of aromatic nitrogens is 2. The molecule has 0 bridgehead atoms. The molecule has 0 radical (unpaired) electrons. The van der Waals surface area contributed by atoms with Crippen molar-refractivity contribution in [2.75, 3.05) is 5.73 Å². The van der Waals surface area contributed by atoms with Gasteiger partial charge in [0.25, 0.3) is 0 Å². The fraction of sp³-hybridized carbons (Fsp3) is 0. The number of nitrogen functional groups attached to an aromatic ring is 1. The van der Waals surface area contributed by atoms with E-state index in [1.54, 1.807) is 6.07 Å². The van der Waals surface area contributed by atoms with E-state index in [0.29, 0.717) is 5.13 Å². The van der Waals surface area contributed by atoms with E-state index in [1.165, 1.54) is 11.3 Å². The van der Waals surface area contributed by atoms with E-state index >= 15 is 0 Å². The van der Waals surface area contributed by atoms with Crippen LogP contribution >= 0.6 is 11.3 Å². The molecule has 0 aliphatic heterocycles. The molecular formula is C6H4N3SU-. The van der Waals surface area contributed by atoms with E-state index in [4.69, 9.17) is 5.73 Å². The fourth-order valence-electron chi connectivity index (χ4n) is 0.741. The van der Waals surface area contributed by atoms with Crippen molar-refractivity contribution in [3.63, 3.8) is 0 Å². The maximum atomic E-state index is 5.44. The van der Waals surface area contributed by atoms with Crippen molar-refractivity contribution in [3.8, 4) is 0 Å². The third-order valence-corrected chi connectivity index (χ3v) is 1.93. The van der Waals surface area contributed by atoms with E-state index in [1.807, 2.05) is 6.07 Å². The van der Waals surface area contributed by atoms with Gasteiger partial charge < -0.3 is 10.7 Å². The topological polar surface area (TPSA) is 51.8 Å². The van der Waals surface area contributed by atoms with Crippen LogP contribution in [0.15, 0.2) is 12.1 Å². The molecule has 0 spiro atoms. The molecule has 3 nitrogen and oxygen atoms in total. The van der Waals surface area contributed by atoms with E-state index in [0.717, 1.165) is 10.3 Å². The molecule has 0 aliphatic rings. The van der Waals surface area contributed by atoms with Crippen LogP contribution in [0.2, 0.25) is 0 Å². The molecule has 0 aliphatic carbocycles. The predicted octanol–water partition coefficient (Wildman–Crippen LogP) is 1.07. The monoisotopic (exact) mass is 388 g/mol. The summed E-state index contributed by atoms with van der Waals surface area (Å²) in [6, 6.07) is 3.57. The first-order chi connectivity index (χ1) is 4.86. The van der Waals surface area contributed by atoms with Crippen LogP contribution in [0.4, 0.5) is 5.13 Å². The zero-order valence-corrected chi connectivity index (χ0v) is 10.5. The number of hydrogen-bond acceptors (Lipinski definition) is 4. The summed E-state index contributed by atoms with van der Waals surface area (Å²) in [5, 5.41) is 0.558. The van der Waals surface area contributed by atoms with Gasteiger partial charge in [-0.1, -0.05) is 6.20 Å². The summed E-state index contributed by atoms with van der Waals surface area (Å²) in [5.41, 5.74) is 6.29. The van der Waals surface area contributed by atoms with Gasteiger partial charge in [0.1, 0.15) is 0 Å². The molecular weight excluding hydrogens is 384 g/mol. The molecule has 5 heteroatoms. The van der Waals surface area contributed by atoms with Crippen molar-refractivity contribution < 1.29 is 31.1 Å². The van der Waals surface area contributed by atoms with Crippen LogP contribution in [-0.4, -0.2) is 9.97 Å². The second kappa shape index (κ2) is 3.53. The molecule has 0 fully saturated rings. The van der Waals surface area contributed by atoms with E-state index in [-0.39, 0.29) is 31.1 Å². The molecule has 2 heterocycles. The summed E-state index contributed by atoms with van der Waals surface area (Å²) >= 11 is 1.38. The minimum absolute atomic E-state index is 0. The van der Waals surface area contributed by atoms with Crippen molar-refractivity contribution in [3.05, 3.63) is 18.3 Å². The van der Waals surface area contributed by atoms with Gasteiger partial charge >= 0.3 is 0 Å². The van der Waals surface area contributed by atoms with Gasteiger partial charge in [-0.3, -0.25) is 0 Å². The molecule has 54 valence electrons. The number of rotatable bonds is 0. The summed E-state index contributed by atoms with van der Waals surface area (Å²) in [5.74, 6) is 0. The van der Waals surface area contributed by atoms with E-state index in [2.05, 4.69) is 16.2 Å². The Bertz CT molecular complexity index is 326. The van der Waals surface area contributed by atoms with Gasteiger partial charge in [0.2, 0.25) is 0 Å². The Balaban J connectivity index is 0.000000605. The standard InChI is InChI=1S/C6H4N3S.U/c7-6-9-4-2-1-3-8-5(4)10-6;/h1-2H,(H2,7,9);/q-1;. The van der Waals surface area contributed by atoms with Crippen LogP contribution in [0, 0.1) is 37.3 Å². The van der Waals surface area contributed by atoms with Crippen LogP contribution in [0.25, 0.3) is 10.3 Å². The first-order valence-electron chi connectivity index (χ1n) is 2.75. The third-order valence-electron chi connectivity index (χ3n) is 1.13. The summed E-state index contributed by atoms with van der Waals surface area (Å²) in [6.45, 7) is 0. The normalized spacial score (nSPS) is 9.45. The van der Waals surface area contributed by atoms with Crippen molar-refractivity contribution in [1.29, 1.82) is 0 Å². The molecule has 0 aromatic carbocycles. The van der Waals surface area contributed by atoms with Gasteiger partial charge in [-0.2, -0.15) is 6.07 Å². The molecule has 11 heavy (non-hydrogen) atoms. The average Bonchev–Trinajstić information content (AvgIpc) is 2.27. The number of thiazole rings is 1. The van der Waals surface area contributed by atoms with E-state index < -0.39 is 0 Å². The van der Waals surface area contributed by atoms with Crippen molar-refractivity contribution in [2.24, 2.45) is 0 Å². The summed E-state index contributed by atoms with van der Waals surface area (Å²) in [6.07, 6.45) is 2.71. The Hall–Kier alpha value is -0.108. The molecule has 0 amide bonds. The summed E-state index contributed by atoms with van der Waals surface area (Å²) < 4.78 is 0. The number of hydrogen-bond donors (Lipinski definition) is 1. The molecule has 0 unspecified atom stereocenters. The van der Waals surface area contributed by atoms with E-state index in [9.17, 15) is 0 Å². The average molecular weight is 388 g/mol. The number of nitrogens with zero attached hydrogens (tertiary/aromatic N) is 2. The number of fused-ring (bicyclic) bond motifs is 1. The Morgan fingerprint density at radius 2 is 2.36 bits per heavy atom. The molecule has 0 saturated carbocycles. The number of nitrogens with two attached hydrogens (primary N) is 1. The maximum Gasteiger partial charge on any atom is 0.168 e. The van der Waals surface area contributed by atoms with Crippen molar-refractivity contribution >= 4 is 26.8 Å². The van der Waals surface area contributed by atoms with Crippen LogP contribution in [0.5, 0.6) is 0 Å².